The smallest absolute Gasteiger partial charge is 0.393 e. The molecule has 28 heavy (non-hydrogen) atoms. The molecule has 0 fully saturated rings. The number of ether oxygens (including phenoxy) is 1. The Balaban J connectivity index is 2.17. The first-order chi connectivity index (χ1) is 13.3. The summed E-state index contributed by atoms with van der Waals surface area (Å²) in [6.45, 7) is 0. The second-order valence-corrected chi connectivity index (χ2v) is 7.38. The van der Waals surface area contributed by atoms with Crippen LogP contribution in [0.1, 0.15) is 27.9 Å². The third-order valence-corrected chi connectivity index (χ3v) is 5.23. The van der Waals surface area contributed by atoms with E-state index in [-0.39, 0.29) is 16.7 Å². The highest BCUT2D eigenvalue weighted by Crippen LogP contribution is 2.43. The maximum Gasteiger partial charge on any atom is 0.393 e. The van der Waals surface area contributed by atoms with Crippen molar-refractivity contribution in [3.63, 3.8) is 0 Å². The fraction of sp³-hybridized carbons (Fsp3) is 0.136. The molecule has 3 aromatic rings. The van der Waals surface area contributed by atoms with Crippen LogP contribution in [0.4, 0.5) is 13.2 Å². The molecule has 0 aliphatic rings. The number of hydrogen-bond acceptors (Lipinski definition) is 2. The highest BCUT2D eigenvalue weighted by Gasteiger charge is 2.48. The van der Waals surface area contributed by atoms with E-state index < -0.39 is 24.2 Å². The molecule has 3 rings (SSSR count). The van der Waals surface area contributed by atoms with Crippen molar-refractivity contribution in [2.75, 3.05) is 0 Å². The molecular weight excluding hydrogens is 480 g/mol. The molecule has 2 nitrogen and oxygen atoms in total. The van der Waals surface area contributed by atoms with E-state index in [0.717, 1.165) is 0 Å². The minimum absolute atomic E-state index is 0.224. The summed E-state index contributed by atoms with van der Waals surface area (Å²) in [7, 11) is 0. The third-order valence-electron chi connectivity index (χ3n) is 4.29. The van der Waals surface area contributed by atoms with E-state index in [9.17, 15) is 18.0 Å². The number of benzene rings is 3. The Labute approximate surface area is 174 Å². The number of esters is 1. The van der Waals surface area contributed by atoms with Crippen LogP contribution < -0.4 is 0 Å². The molecule has 0 aromatic heterocycles. The van der Waals surface area contributed by atoms with Crippen LogP contribution in [0, 0.1) is 3.57 Å². The van der Waals surface area contributed by atoms with Gasteiger partial charge in [-0.2, -0.15) is 13.2 Å². The molecule has 6 heteroatoms. The summed E-state index contributed by atoms with van der Waals surface area (Å²) in [5.41, 5.74) is -1.24. The first-order valence-corrected chi connectivity index (χ1v) is 9.55. The fourth-order valence-corrected chi connectivity index (χ4v) is 3.67. The second kappa shape index (κ2) is 8.34. The predicted octanol–water partition coefficient (Wildman–Crippen LogP) is 6.34. The Morgan fingerprint density at radius 3 is 1.71 bits per heavy atom. The number of halogens is 4. The van der Waals surface area contributed by atoms with E-state index in [1.807, 2.05) is 22.6 Å². The molecule has 0 spiro atoms. The Bertz CT molecular complexity index is 901. The number of alkyl halides is 3. The number of rotatable bonds is 5. The molecule has 0 bridgehead atoms. The van der Waals surface area contributed by atoms with Gasteiger partial charge in [-0.3, -0.25) is 0 Å². The van der Waals surface area contributed by atoms with E-state index in [1.165, 1.54) is 0 Å². The fourth-order valence-electron chi connectivity index (χ4n) is 3.06. The first-order valence-electron chi connectivity index (χ1n) is 8.47. The summed E-state index contributed by atoms with van der Waals surface area (Å²) < 4.78 is 47.3. The number of carbonyl (C=O) groups is 1. The van der Waals surface area contributed by atoms with Crippen molar-refractivity contribution in [1.82, 2.24) is 0 Å². The van der Waals surface area contributed by atoms with Crippen molar-refractivity contribution in [2.45, 2.75) is 18.2 Å². The average molecular weight is 496 g/mol. The van der Waals surface area contributed by atoms with Crippen LogP contribution in [-0.4, -0.2) is 12.1 Å². The molecular formula is C22H16F3IO2. The van der Waals surface area contributed by atoms with Gasteiger partial charge in [0.25, 0.3) is 0 Å². The lowest BCUT2D eigenvalue weighted by Crippen LogP contribution is -2.38. The second-order valence-electron chi connectivity index (χ2n) is 6.22. The van der Waals surface area contributed by atoms with Gasteiger partial charge in [-0.25, -0.2) is 4.79 Å². The standard InChI is InChI=1S/C22H16F3IO2/c23-22(24,25)15-21(16-9-3-1-4-10-16,17-11-5-2-6-12-17)28-20(27)18-13-7-8-14-19(18)26/h1-14H,15H2. The molecule has 0 heterocycles. The summed E-state index contributed by atoms with van der Waals surface area (Å²) in [5.74, 6) is -0.804. The lowest BCUT2D eigenvalue weighted by atomic mass is 9.83. The van der Waals surface area contributed by atoms with Crippen molar-refractivity contribution in [2.24, 2.45) is 0 Å². The van der Waals surface area contributed by atoms with Crippen molar-refractivity contribution in [3.8, 4) is 0 Å². The molecule has 0 unspecified atom stereocenters. The van der Waals surface area contributed by atoms with Crippen LogP contribution >= 0.6 is 22.6 Å². The van der Waals surface area contributed by atoms with Crippen molar-refractivity contribution < 1.29 is 22.7 Å². The SMILES string of the molecule is O=C(OC(CC(F)(F)F)(c1ccccc1)c1ccccc1)c1ccccc1I. The Hall–Kier alpha value is -2.35. The van der Waals surface area contributed by atoms with Gasteiger partial charge in [0.2, 0.25) is 0 Å². The summed E-state index contributed by atoms with van der Waals surface area (Å²) in [6, 6.07) is 22.7. The van der Waals surface area contributed by atoms with Crippen LogP contribution in [-0.2, 0) is 10.3 Å². The minimum Gasteiger partial charge on any atom is -0.445 e. The Morgan fingerprint density at radius 2 is 1.25 bits per heavy atom. The molecule has 0 saturated heterocycles. The zero-order chi connectivity index (χ0) is 20.2. The predicted molar refractivity (Wildman–Crippen MR) is 109 cm³/mol. The van der Waals surface area contributed by atoms with E-state index in [0.29, 0.717) is 3.57 Å². The maximum absolute atomic E-state index is 13.7. The zero-order valence-corrected chi connectivity index (χ0v) is 16.8. The largest absolute Gasteiger partial charge is 0.445 e. The van der Waals surface area contributed by atoms with Crippen molar-refractivity contribution in [3.05, 3.63) is 105 Å². The van der Waals surface area contributed by atoms with Gasteiger partial charge in [-0.1, -0.05) is 72.8 Å². The highest BCUT2D eigenvalue weighted by molar-refractivity contribution is 14.1. The normalized spacial score (nSPS) is 11.9. The number of hydrogen-bond donors (Lipinski definition) is 0. The third kappa shape index (κ3) is 4.55. The molecule has 144 valence electrons. The molecule has 0 saturated carbocycles. The van der Waals surface area contributed by atoms with E-state index in [4.69, 9.17) is 4.74 Å². The first kappa shape index (κ1) is 20.4. The van der Waals surface area contributed by atoms with Crippen LogP contribution in [0.25, 0.3) is 0 Å². The number of carbonyl (C=O) groups excluding carboxylic acids is 1. The van der Waals surface area contributed by atoms with E-state index >= 15 is 0 Å². The molecule has 0 radical (unpaired) electrons. The monoisotopic (exact) mass is 496 g/mol. The summed E-state index contributed by atoms with van der Waals surface area (Å²) >= 11 is 1.96. The van der Waals surface area contributed by atoms with Gasteiger partial charge < -0.3 is 4.74 Å². The van der Waals surface area contributed by atoms with Crippen LogP contribution in [0.15, 0.2) is 84.9 Å². The lowest BCUT2D eigenvalue weighted by molar-refractivity contribution is -0.170. The van der Waals surface area contributed by atoms with Gasteiger partial charge in [-0.15, -0.1) is 0 Å². The average Bonchev–Trinajstić information content (AvgIpc) is 2.68. The summed E-state index contributed by atoms with van der Waals surface area (Å²) in [5, 5.41) is 0. The summed E-state index contributed by atoms with van der Waals surface area (Å²) in [6.07, 6.45) is -5.89. The zero-order valence-electron chi connectivity index (χ0n) is 14.6. The minimum atomic E-state index is -4.56. The van der Waals surface area contributed by atoms with Crippen molar-refractivity contribution >= 4 is 28.6 Å². The van der Waals surface area contributed by atoms with Gasteiger partial charge in [0.05, 0.1) is 12.0 Å². The topological polar surface area (TPSA) is 26.3 Å². The quantitative estimate of drug-likeness (QED) is 0.304. The highest BCUT2D eigenvalue weighted by atomic mass is 127. The molecule has 0 aliphatic carbocycles. The van der Waals surface area contributed by atoms with Crippen molar-refractivity contribution in [1.29, 1.82) is 0 Å². The van der Waals surface area contributed by atoms with Crippen LogP contribution in [0.5, 0.6) is 0 Å². The Kier molecular flexibility index (Phi) is 6.07. The lowest BCUT2D eigenvalue weighted by Gasteiger charge is -2.35. The molecule has 0 atom stereocenters. The molecule has 0 aliphatic heterocycles. The van der Waals surface area contributed by atoms with Gasteiger partial charge in [-0.05, 0) is 34.7 Å². The summed E-state index contributed by atoms with van der Waals surface area (Å²) in [4.78, 5) is 12.9. The van der Waals surface area contributed by atoms with Crippen LogP contribution in [0.3, 0.4) is 0 Å². The van der Waals surface area contributed by atoms with E-state index in [2.05, 4.69) is 0 Å². The van der Waals surface area contributed by atoms with Gasteiger partial charge >= 0.3 is 12.1 Å². The van der Waals surface area contributed by atoms with Crippen LogP contribution in [0.2, 0.25) is 0 Å². The van der Waals surface area contributed by atoms with E-state index in [1.54, 1.807) is 84.9 Å². The molecule has 3 aromatic carbocycles. The Morgan fingerprint density at radius 1 is 0.786 bits per heavy atom. The molecule has 0 N–H and O–H groups in total. The van der Waals surface area contributed by atoms with Gasteiger partial charge in [0.15, 0.2) is 5.60 Å². The maximum atomic E-state index is 13.7. The van der Waals surface area contributed by atoms with Gasteiger partial charge in [0.1, 0.15) is 0 Å². The van der Waals surface area contributed by atoms with Gasteiger partial charge in [0, 0.05) is 14.7 Å². The molecule has 0 amide bonds.